The van der Waals surface area contributed by atoms with E-state index in [4.69, 9.17) is 9.47 Å². The SMILES string of the molecule is COc1cccc(/C=C2\C=C(c3ccc(C)c(C)c3)OC2=O)c1O. The third kappa shape index (κ3) is 2.91. The van der Waals surface area contributed by atoms with Crippen LogP contribution >= 0.6 is 0 Å². The summed E-state index contributed by atoms with van der Waals surface area (Å²) in [5.74, 6) is 0.421. The highest BCUT2D eigenvalue weighted by Gasteiger charge is 2.22. The Morgan fingerprint density at radius 3 is 2.62 bits per heavy atom. The number of phenols is 1. The van der Waals surface area contributed by atoms with Crippen LogP contribution in [0.2, 0.25) is 0 Å². The average molecular weight is 322 g/mol. The summed E-state index contributed by atoms with van der Waals surface area (Å²) < 4.78 is 10.4. The average Bonchev–Trinajstić information content (AvgIpc) is 2.93. The smallest absolute Gasteiger partial charge is 0.343 e. The van der Waals surface area contributed by atoms with Crippen LogP contribution < -0.4 is 4.74 Å². The summed E-state index contributed by atoms with van der Waals surface area (Å²) in [7, 11) is 1.48. The topological polar surface area (TPSA) is 55.8 Å². The summed E-state index contributed by atoms with van der Waals surface area (Å²) in [5, 5.41) is 10.1. The Balaban J connectivity index is 1.98. The van der Waals surface area contributed by atoms with Gasteiger partial charge in [0.25, 0.3) is 0 Å². The van der Waals surface area contributed by atoms with Crippen molar-refractivity contribution in [2.24, 2.45) is 0 Å². The molecule has 0 fully saturated rings. The molecule has 0 bridgehead atoms. The number of para-hydroxylation sites is 1. The number of phenolic OH excluding ortho intramolecular Hbond substituents is 1. The molecule has 4 nitrogen and oxygen atoms in total. The molecule has 0 radical (unpaired) electrons. The number of hydrogen-bond acceptors (Lipinski definition) is 4. The van der Waals surface area contributed by atoms with Gasteiger partial charge < -0.3 is 14.6 Å². The standard InChI is InChI=1S/C20H18O4/c1-12-7-8-14(9-13(12)2)18-11-16(20(22)24-18)10-15-5-4-6-17(23-3)19(15)21/h4-11,21H,1-3H3/b16-10+. The number of aryl methyl sites for hydroxylation is 2. The summed E-state index contributed by atoms with van der Waals surface area (Å²) in [6.45, 7) is 4.05. The second-order valence-electron chi connectivity index (χ2n) is 5.69. The first-order chi connectivity index (χ1) is 11.5. The lowest BCUT2D eigenvalue weighted by atomic mass is 10.0. The molecule has 3 rings (SSSR count). The number of cyclic esters (lactones) is 1. The predicted molar refractivity (Wildman–Crippen MR) is 92.6 cm³/mol. The lowest BCUT2D eigenvalue weighted by Crippen LogP contribution is -1.97. The second kappa shape index (κ2) is 6.24. The van der Waals surface area contributed by atoms with E-state index in [1.165, 1.54) is 12.7 Å². The van der Waals surface area contributed by atoms with Crippen LogP contribution in [-0.2, 0) is 9.53 Å². The van der Waals surface area contributed by atoms with Gasteiger partial charge in [-0.1, -0.05) is 24.3 Å². The molecule has 1 aliphatic rings. The minimum Gasteiger partial charge on any atom is -0.504 e. The Morgan fingerprint density at radius 2 is 1.92 bits per heavy atom. The van der Waals surface area contributed by atoms with Crippen molar-refractivity contribution in [3.05, 3.63) is 70.3 Å². The predicted octanol–water partition coefficient (Wildman–Crippen LogP) is 4.00. The maximum Gasteiger partial charge on any atom is 0.343 e. The number of rotatable bonds is 3. The maximum absolute atomic E-state index is 12.1. The van der Waals surface area contributed by atoms with Gasteiger partial charge in [-0.3, -0.25) is 0 Å². The van der Waals surface area contributed by atoms with Crippen molar-refractivity contribution in [2.45, 2.75) is 13.8 Å². The lowest BCUT2D eigenvalue weighted by molar-refractivity contribution is -0.130. The van der Waals surface area contributed by atoms with Crippen molar-refractivity contribution < 1.29 is 19.4 Å². The van der Waals surface area contributed by atoms with Crippen molar-refractivity contribution in [1.82, 2.24) is 0 Å². The number of carbonyl (C=O) groups excluding carboxylic acids is 1. The van der Waals surface area contributed by atoms with E-state index >= 15 is 0 Å². The van der Waals surface area contributed by atoms with Gasteiger partial charge in [-0.15, -0.1) is 0 Å². The first-order valence-corrected chi connectivity index (χ1v) is 7.59. The quantitative estimate of drug-likeness (QED) is 0.685. The van der Waals surface area contributed by atoms with Gasteiger partial charge in [0, 0.05) is 11.1 Å². The Bertz CT molecular complexity index is 875. The molecule has 0 saturated heterocycles. The Kier molecular flexibility index (Phi) is 4.13. The van der Waals surface area contributed by atoms with Crippen molar-refractivity contribution in [3.8, 4) is 11.5 Å². The summed E-state index contributed by atoms with van der Waals surface area (Å²) in [6.07, 6.45) is 3.28. The van der Waals surface area contributed by atoms with E-state index in [9.17, 15) is 9.90 Å². The van der Waals surface area contributed by atoms with E-state index in [0.29, 0.717) is 22.6 Å². The van der Waals surface area contributed by atoms with Gasteiger partial charge in [0.2, 0.25) is 0 Å². The fourth-order valence-electron chi connectivity index (χ4n) is 2.51. The molecule has 0 spiro atoms. The maximum atomic E-state index is 12.1. The van der Waals surface area contributed by atoms with Crippen LogP contribution in [0.1, 0.15) is 22.3 Å². The molecule has 0 amide bonds. The van der Waals surface area contributed by atoms with Crippen LogP contribution in [0.4, 0.5) is 0 Å². The molecule has 122 valence electrons. The van der Waals surface area contributed by atoms with E-state index in [2.05, 4.69) is 0 Å². The molecule has 1 aliphatic heterocycles. The van der Waals surface area contributed by atoms with E-state index in [1.54, 1.807) is 30.4 Å². The normalized spacial score (nSPS) is 15.4. The lowest BCUT2D eigenvalue weighted by Gasteiger charge is -2.05. The molecule has 2 aromatic rings. The molecular formula is C20H18O4. The fraction of sp³-hybridized carbons (Fsp3) is 0.150. The van der Waals surface area contributed by atoms with Crippen LogP contribution in [0.5, 0.6) is 11.5 Å². The highest BCUT2D eigenvalue weighted by Crippen LogP contribution is 2.33. The molecule has 0 aliphatic carbocycles. The van der Waals surface area contributed by atoms with Gasteiger partial charge in [-0.25, -0.2) is 4.79 Å². The molecule has 0 atom stereocenters. The molecule has 0 unspecified atom stereocenters. The zero-order chi connectivity index (χ0) is 17.3. The summed E-state index contributed by atoms with van der Waals surface area (Å²) in [6, 6.07) is 11.0. The summed E-state index contributed by atoms with van der Waals surface area (Å²) in [4.78, 5) is 12.1. The Hall–Kier alpha value is -3.01. The zero-order valence-electron chi connectivity index (χ0n) is 13.8. The number of aromatic hydroxyl groups is 1. The number of methoxy groups -OCH3 is 1. The van der Waals surface area contributed by atoms with Crippen molar-refractivity contribution in [2.75, 3.05) is 7.11 Å². The zero-order valence-corrected chi connectivity index (χ0v) is 13.8. The Morgan fingerprint density at radius 1 is 1.12 bits per heavy atom. The number of hydrogen-bond donors (Lipinski definition) is 1. The number of benzene rings is 2. The van der Waals surface area contributed by atoms with Crippen molar-refractivity contribution >= 4 is 17.8 Å². The van der Waals surface area contributed by atoms with Crippen LogP contribution in [0.3, 0.4) is 0 Å². The van der Waals surface area contributed by atoms with Crippen LogP contribution in [0, 0.1) is 13.8 Å². The van der Waals surface area contributed by atoms with Crippen LogP contribution in [0.15, 0.2) is 48.0 Å². The van der Waals surface area contributed by atoms with Crippen molar-refractivity contribution in [1.29, 1.82) is 0 Å². The van der Waals surface area contributed by atoms with Crippen LogP contribution in [0.25, 0.3) is 11.8 Å². The monoisotopic (exact) mass is 322 g/mol. The summed E-state index contributed by atoms with van der Waals surface area (Å²) >= 11 is 0. The third-order valence-electron chi connectivity index (χ3n) is 4.08. The fourth-order valence-corrected chi connectivity index (χ4v) is 2.51. The first-order valence-electron chi connectivity index (χ1n) is 7.59. The molecule has 1 heterocycles. The Labute approximate surface area is 140 Å². The minimum atomic E-state index is -0.439. The molecule has 0 aromatic heterocycles. The largest absolute Gasteiger partial charge is 0.504 e. The van der Waals surface area contributed by atoms with Crippen LogP contribution in [-0.4, -0.2) is 18.2 Å². The molecule has 1 N–H and O–H groups in total. The molecule has 0 saturated carbocycles. The summed E-state index contributed by atoms with van der Waals surface area (Å²) in [5.41, 5.74) is 4.04. The minimum absolute atomic E-state index is 0.00618. The first kappa shape index (κ1) is 15.9. The van der Waals surface area contributed by atoms with Gasteiger partial charge in [-0.05, 0) is 49.3 Å². The third-order valence-corrected chi connectivity index (χ3v) is 4.08. The van der Waals surface area contributed by atoms with E-state index in [0.717, 1.165) is 11.1 Å². The van der Waals surface area contributed by atoms with Gasteiger partial charge in [0.15, 0.2) is 11.5 Å². The van der Waals surface area contributed by atoms with E-state index in [-0.39, 0.29) is 5.75 Å². The highest BCUT2D eigenvalue weighted by molar-refractivity contribution is 6.05. The van der Waals surface area contributed by atoms with Gasteiger partial charge in [0.1, 0.15) is 5.76 Å². The van der Waals surface area contributed by atoms with Crippen molar-refractivity contribution in [3.63, 3.8) is 0 Å². The van der Waals surface area contributed by atoms with Gasteiger partial charge in [0.05, 0.1) is 12.7 Å². The number of carbonyl (C=O) groups is 1. The molecule has 2 aromatic carbocycles. The van der Waals surface area contributed by atoms with Gasteiger partial charge >= 0.3 is 5.97 Å². The molecule has 4 heteroatoms. The van der Waals surface area contributed by atoms with E-state index < -0.39 is 5.97 Å². The molecular weight excluding hydrogens is 304 g/mol. The second-order valence-corrected chi connectivity index (χ2v) is 5.69. The molecule has 24 heavy (non-hydrogen) atoms. The number of esters is 1. The number of ether oxygens (including phenoxy) is 2. The van der Waals surface area contributed by atoms with Gasteiger partial charge in [-0.2, -0.15) is 0 Å². The highest BCUT2D eigenvalue weighted by atomic mass is 16.5. The van der Waals surface area contributed by atoms with E-state index in [1.807, 2.05) is 32.0 Å².